The van der Waals surface area contributed by atoms with Crippen molar-refractivity contribution in [2.75, 3.05) is 6.54 Å². The predicted octanol–water partition coefficient (Wildman–Crippen LogP) is 5.19. The van der Waals surface area contributed by atoms with Crippen molar-refractivity contribution in [3.8, 4) is 0 Å². The molecule has 1 heterocycles. The van der Waals surface area contributed by atoms with Crippen LogP contribution in [0.3, 0.4) is 0 Å². The first-order valence-electron chi connectivity index (χ1n) is 6.81. The van der Waals surface area contributed by atoms with Crippen molar-refractivity contribution in [1.29, 1.82) is 0 Å². The highest BCUT2D eigenvalue weighted by molar-refractivity contribution is 6.38. The van der Waals surface area contributed by atoms with Gasteiger partial charge in [-0.05, 0) is 49.9 Å². The average molecular weight is 298 g/mol. The molecule has 0 aliphatic heterocycles. The molecule has 2 aromatic rings. The Bertz CT molecular complexity index is 589. The minimum Gasteiger partial charge on any atom is -0.458 e. The van der Waals surface area contributed by atoms with Crippen molar-refractivity contribution >= 4 is 34.2 Å². The van der Waals surface area contributed by atoms with E-state index in [9.17, 15) is 0 Å². The third-order valence-corrected chi connectivity index (χ3v) is 4.07. The lowest BCUT2D eigenvalue weighted by Crippen LogP contribution is -2.23. The average Bonchev–Trinajstić information content (AvgIpc) is 3.10. The van der Waals surface area contributed by atoms with Crippen molar-refractivity contribution in [2.45, 2.75) is 32.2 Å². The van der Waals surface area contributed by atoms with Gasteiger partial charge in [-0.15, -0.1) is 0 Å². The normalized spacial score (nSPS) is 17.0. The van der Waals surface area contributed by atoms with Crippen molar-refractivity contribution in [3.63, 3.8) is 0 Å². The summed E-state index contributed by atoms with van der Waals surface area (Å²) < 4.78 is 5.96. The minimum absolute atomic E-state index is 0.308. The molecule has 1 fully saturated rings. The minimum atomic E-state index is 0.308. The summed E-state index contributed by atoms with van der Waals surface area (Å²) in [4.78, 5) is 0. The lowest BCUT2D eigenvalue weighted by atomic mass is 10.1. The van der Waals surface area contributed by atoms with E-state index in [1.807, 2.05) is 6.07 Å². The predicted molar refractivity (Wildman–Crippen MR) is 80.0 cm³/mol. The fourth-order valence-electron chi connectivity index (χ4n) is 2.48. The molecular formula is C15H17Cl2NO. The van der Waals surface area contributed by atoms with E-state index in [-0.39, 0.29) is 0 Å². The zero-order valence-electron chi connectivity index (χ0n) is 10.9. The van der Waals surface area contributed by atoms with Crippen LogP contribution in [-0.2, 0) is 0 Å². The summed E-state index contributed by atoms with van der Waals surface area (Å²) in [5, 5.41) is 5.79. The summed E-state index contributed by atoms with van der Waals surface area (Å²) in [7, 11) is 0. The van der Waals surface area contributed by atoms with Crippen molar-refractivity contribution in [3.05, 3.63) is 34.0 Å². The van der Waals surface area contributed by atoms with Crippen LogP contribution in [0.2, 0.25) is 10.0 Å². The third-order valence-electron chi connectivity index (χ3n) is 3.57. The molecule has 1 aliphatic carbocycles. The highest BCUT2D eigenvalue weighted by Crippen LogP contribution is 2.43. The molecular weight excluding hydrogens is 281 g/mol. The Hall–Kier alpha value is -0.700. The van der Waals surface area contributed by atoms with Crippen molar-refractivity contribution in [1.82, 2.24) is 5.32 Å². The van der Waals surface area contributed by atoms with Crippen LogP contribution in [0.15, 0.2) is 22.6 Å². The van der Waals surface area contributed by atoms with Gasteiger partial charge >= 0.3 is 0 Å². The first-order chi connectivity index (χ1) is 9.19. The number of halogens is 2. The van der Waals surface area contributed by atoms with Crippen LogP contribution < -0.4 is 5.32 Å². The number of hydrogen-bond donors (Lipinski definition) is 1. The maximum absolute atomic E-state index is 6.18. The van der Waals surface area contributed by atoms with Gasteiger partial charge in [0.25, 0.3) is 0 Å². The van der Waals surface area contributed by atoms with E-state index in [4.69, 9.17) is 27.6 Å². The number of furan rings is 1. The highest BCUT2D eigenvalue weighted by atomic mass is 35.5. The molecule has 0 spiro atoms. The number of nitrogens with one attached hydrogen (secondary N) is 1. The van der Waals surface area contributed by atoms with Crippen LogP contribution in [0, 0.1) is 5.92 Å². The zero-order valence-corrected chi connectivity index (χ0v) is 12.4. The molecule has 0 radical (unpaired) electrons. The van der Waals surface area contributed by atoms with Crippen molar-refractivity contribution < 1.29 is 4.42 Å². The Balaban J connectivity index is 1.96. The zero-order chi connectivity index (χ0) is 13.4. The monoisotopic (exact) mass is 297 g/mol. The molecule has 1 N–H and O–H groups in total. The molecule has 2 nitrogen and oxygen atoms in total. The first-order valence-corrected chi connectivity index (χ1v) is 7.56. The maximum Gasteiger partial charge on any atom is 0.153 e. The summed E-state index contributed by atoms with van der Waals surface area (Å²) in [6, 6.07) is 6.00. The standard InChI is InChI=1S/C15H17Cl2NO/c1-2-5-18-14(9-3-4-9)13-7-10-6-11(16)8-12(17)15(10)19-13/h6-9,14,18H,2-5H2,1H3. The molecule has 4 heteroatoms. The molecule has 19 heavy (non-hydrogen) atoms. The summed E-state index contributed by atoms with van der Waals surface area (Å²) in [6.07, 6.45) is 3.66. The van der Waals surface area contributed by atoms with Gasteiger partial charge in [0.05, 0.1) is 11.1 Å². The SMILES string of the molecule is CCCNC(c1cc2cc(Cl)cc(Cl)c2o1)C1CC1. The molecule has 1 aliphatic rings. The largest absolute Gasteiger partial charge is 0.458 e. The summed E-state index contributed by atoms with van der Waals surface area (Å²) >= 11 is 12.2. The molecule has 1 unspecified atom stereocenters. The Morgan fingerprint density at radius 1 is 1.32 bits per heavy atom. The number of rotatable bonds is 5. The van der Waals surface area contributed by atoms with Crippen LogP contribution >= 0.6 is 23.2 Å². The van der Waals surface area contributed by atoms with Crippen LogP contribution in [0.25, 0.3) is 11.0 Å². The van der Waals surface area contributed by atoms with Crippen molar-refractivity contribution in [2.24, 2.45) is 5.92 Å². The summed E-state index contributed by atoms with van der Waals surface area (Å²) in [6.45, 7) is 3.18. The van der Waals surface area contributed by atoms with Gasteiger partial charge < -0.3 is 9.73 Å². The van der Waals surface area contributed by atoms with Gasteiger partial charge in [-0.3, -0.25) is 0 Å². The van der Waals surface area contributed by atoms with Gasteiger partial charge in [0.15, 0.2) is 5.58 Å². The van der Waals surface area contributed by atoms with E-state index < -0.39 is 0 Å². The topological polar surface area (TPSA) is 25.2 Å². The summed E-state index contributed by atoms with van der Waals surface area (Å²) in [5.74, 6) is 1.68. The van der Waals surface area contributed by atoms with Gasteiger partial charge in [-0.2, -0.15) is 0 Å². The van der Waals surface area contributed by atoms with Crippen LogP contribution in [0.1, 0.15) is 38.0 Å². The highest BCUT2D eigenvalue weighted by Gasteiger charge is 2.34. The fourth-order valence-corrected chi connectivity index (χ4v) is 3.03. The molecule has 0 amide bonds. The third kappa shape index (κ3) is 2.76. The van der Waals surface area contributed by atoms with E-state index in [0.717, 1.165) is 29.7 Å². The Morgan fingerprint density at radius 2 is 2.11 bits per heavy atom. The molecule has 1 atom stereocenters. The van der Waals surface area contributed by atoms with E-state index in [1.54, 1.807) is 6.07 Å². The number of fused-ring (bicyclic) bond motifs is 1. The van der Waals surface area contributed by atoms with Crippen LogP contribution in [0.5, 0.6) is 0 Å². The lowest BCUT2D eigenvalue weighted by molar-refractivity contribution is 0.397. The molecule has 3 rings (SSSR count). The van der Waals surface area contributed by atoms with Gasteiger partial charge in [0.2, 0.25) is 0 Å². The maximum atomic E-state index is 6.18. The molecule has 1 aromatic heterocycles. The molecule has 102 valence electrons. The Labute approximate surface area is 123 Å². The molecule has 0 bridgehead atoms. The van der Waals surface area contributed by atoms with Gasteiger partial charge in [0, 0.05) is 10.4 Å². The van der Waals surface area contributed by atoms with Gasteiger partial charge in [-0.1, -0.05) is 30.1 Å². The second-order valence-electron chi connectivity index (χ2n) is 5.22. The fraction of sp³-hybridized carbons (Fsp3) is 0.467. The molecule has 0 saturated heterocycles. The second-order valence-corrected chi connectivity index (χ2v) is 6.07. The first kappa shape index (κ1) is 13.3. The second kappa shape index (κ2) is 5.35. The smallest absolute Gasteiger partial charge is 0.153 e. The molecule has 1 aromatic carbocycles. The Morgan fingerprint density at radius 3 is 2.79 bits per heavy atom. The quantitative estimate of drug-likeness (QED) is 0.821. The number of hydrogen-bond acceptors (Lipinski definition) is 2. The van der Waals surface area contributed by atoms with E-state index >= 15 is 0 Å². The van der Waals surface area contributed by atoms with E-state index in [2.05, 4.69) is 18.3 Å². The summed E-state index contributed by atoms with van der Waals surface area (Å²) in [5.41, 5.74) is 0.741. The lowest BCUT2D eigenvalue weighted by Gasteiger charge is -2.14. The van der Waals surface area contributed by atoms with E-state index in [0.29, 0.717) is 22.0 Å². The molecule has 1 saturated carbocycles. The van der Waals surface area contributed by atoms with Gasteiger partial charge in [0.1, 0.15) is 5.76 Å². The van der Waals surface area contributed by atoms with Crippen LogP contribution in [-0.4, -0.2) is 6.54 Å². The van der Waals surface area contributed by atoms with E-state index in [1.165, 1.54) is 12.8 Å². The van der Waals surface area contributed by atoms with Crippen LogP contribution in [0.4, 0.5) is 0 Å². The Kier molecular flexibility index (Phi) is 3.75. The van der Waals surface area contributed by atoms with Gasteiger partial charge in [-0.25, -0.2) is 0 Å². The number of benzene rings is 1.